The van der Waals surface area contributed by atoms with Gasteiger partial charge in [-0.3, -0.25) is 0 Å². The van der Waals surface area contributed by atoms with Crippen LogP contribution < -0.4 is 0 Å². The molecule has 2 nitrogen and oxygen atoms in total. The van der Waals surface area contributed by atoms with Crippen LogP contribution in [0, 0.1) is 11.8 Å². The van der Waals surface area contributed by atoms with E-state index in [4.69, 9.17) is 0 Å². The minimum atomic E-state index is -3.31. The van der Waals surface area contributed by atoms with Crippen LogP contribution in [0.4, 0.5) is 0 Å². The molecule has 0 saturated heterocycles. The average molecular weight is 345 g/mol. The molecule has 1 aliphatic carbocycles. The zero-order valence-electron chi connectivity index (χ0n) is 14.7. The number of hydrogen-bond donors (Lipinski definition) is 0. The predicted molar refractivity (Wildman–Crippen MR) is 101 cm³/mol. The molecule has 1 unspecified atom stereocenters. The van der Waals surface area contributed by atoms with Gasteiger partial charge in [-0.2, -0.15) is 0 Å². The van der Waals surface area contributed by atoms with Crippen molar-refractivity contribution in [2.24, 2.45) is 11.8 Å². The fraction of sp³-hybridized carbons (Fsp3) is 0.524. The first kappa shape index (κ1) is 17.5. The summed E-state index contributed by atoms with van der Waals surface area (Å²) in [4.78, 5) is 0.537. The molecule has 1 atom stereocenters. The summed E-state index contributed by atoms with van der Waals surface area (Å²) in [7, 11) is -3.31. The van der Waals surface area contributed by atoms with Crippen LogP contribution in [-0.4, -0.2) is 13.7 Å². The van der Waals surface area contributed by atoms with Crippen LogP contribution in [0.15, 0.2) is 47.4 Å². The summed E-state index contributed by atoms with van der Waals surface area (Å²) < 4.78 is 27.2. The Hall–Kier alpha value is -1.35. The number of benzene rings is 2. The quantitative estimate of drug-likeness (QED) is 0.624. The second-order valence-electron chi connectivity index (χ2n) is 7.16. The third-order valence-electron chi connectivity index (χ3n) is 5.28. The summed E-state index contributed by atoms with van der Waals surface area (Å²) in [5.74, 6) is 0.647. The van der Waals surface area contributed by atoms with Gasteiger partial charge in [0.05, 0.1) is 10.1 Å². The number of fused-ring (bicyclic) bond motifs is 1. The van der Waals surface area contributed by atoms with E-state index in [9.17, 15) is 8.42 Å². The van der Waals surface area contributed by atoms with Crippen molar-refractivity contribution in [3.05, 3.63) is 42.5 Å². The molecule has 3 rings (SSSR count). The molecule has 0 radical (unpaired) electrons. The lowest BCUT2D eigenvalue weighted by Crippen LogP contribution is -2.32. The van der Waals surface area contributed by atoms with E-state index in [-0.39, 0.29) is 11.2 Å². The third-order valence-corrected chi connectivity index (χ3v) is 7.74. The van der Waals surface area contributed by atoms with Gasteiger partial charge in [0.25, 0.3) is 0 Å². The highest BCUT2D eigenvalue weighted by Crippen LogP contribution is 2.45. The Balaban J connectivity index is 2.08. The van der Waals surface area contributed by atoms with Crippen molar-refractivity contribution >= 4 is 20.6 Å². The summed E-state index contributed by atoms with van der Waals surface area (Å²) in [5.41, 5.74) is 0. The molecule has 0 amide bonds. The van der Waals surface area contributed by atoms with Crippen LogP contribution >= 0.6 is 0 Å². The van der Waals surface area contributed by atoms with E-state index in [2.05, 4.69) is 13.8 Å². The molecule has 0 N–H and O–H groups in total. The van der Waals surface area contributed by atoms with Gasteiger partial charge in [-0.25, -0.2) is 8.42 Å². The molecule has 1 fully saturated rings. The fourth-order valence-corrected chi connectivity index (χ4v) is 6.73. The Labute approximate surface area is 146 Å². The highest BCUT2D eigenvalue weighted by atomic mass is 32.2. The van der Waals surface area contributed by atoms with Crippen LogP contribution in [-0.2, 0) is 9.84 Å². The zero-order valence-corrected chi connectivity index (χ0v) is 15.6. The topological polar surface area (TPSA) is 34.1 Å². The van der Waals surface area contributed by atoms with Gasteiger partial charge in [0.2, 0.25) is 0 Å². The Morgan fingerprint density at radius 1 is 0.958 bits per heavy atom. The normalized spacial score (nSPS) is 16.6. The molecule has 1 saturated carbocycles. The van der Waals surface area contributed by atoms with E-state index in [1.54, 1.807) is 0 Å². The summed E-state index contributed by atoms with van der Waals surface area (Å²) >= 11 is 0. The summed E-state index contributed by atoms with van der Waals surface area (Å²) in [6.07, 6.45) is 6.27. The van der Waals surface area contributed by atoms with Crippen molar-refractivity contribution in [1.82, 2.24) is 0 Å². The lowest BCUT2D eigenvalue weighted by molar-refractivity contribution is 0.386. The molecule has 2 aromatic rings. The monoisotopic (exact) mass is 344 g/mol. The summed E-state index contributed by atoms with van der Waals surface area (Å²) in [5, 5.41) is 1.68. The van der Waals surface area contributed by atoms with Crippen molar-refractivity contribution in [2.45, 2.75) is 62.5 Å². The average Bonchev–Trinajstić information content (AvgIpc) is 3.39. The van der Waals surface area contributed by atoms with Gasteiger partial charge in [0.1, 0.15) is 0 Å². The van der Waals surface area contributed by atoms with E-state index in [1.165, 1.54) is 0 Å². The van der Waals surface area contributed by atoms with E-state index >= 15 is 0 Å². The van der Waals surface area contributed by atoms with Crippen molar-refractivity contribution < 1.29 is 8.42 Å². The maximum Gasteiger partial charge on any atom is 0.182 e. The maximum atomic E-state index is 13.6. The van der Waals surface area contributed by atoms with Gasteiger partial charge < -0.3 is 0 Å². The first-order chi connectivity index (χ1) is 11.6. The molecule has 1 aliphatic rings. The van der Waals surface area contributed by atoms with Gasteiger partial charge in [0, 0.05) is 5.39 Å². The van der Waals surface area contributed by atoms with Crippen molar-refractivity contribution in [3.8, 4) is 0 Å². The molecule has 0 aliphatic heterocycles. The second kappa shape index (κ2) is 7.26. The van der Waals surface area contributed by atoms with Crippen LogP contribution in [0.3, 0.4) is 0 Å². The second-order valence-corrected chi connectivity index (χ2v) is 9.24. The van der Waals surface area contributed by atoms with Gasteiger partial charge in [-0.15, -0.1) is 0 Å². The van der Waals surface area contributed by atoms with Crippen molar-refractivity contribution in [1.29, 1.82) is 0 Å². The predicted octanol–water partition coefficient (Wildman–Crippen LogP) is 5.61. The summed E-state index contributed by atoms with van der Waals surface area (Å²) in [6, 6.07) is 13.5. The van der Waals surface area contributed by atoms with Crippen LogP contribution in [0.2, 0.25) is 0 Å². The molecule has 0 aromatic heterocycles. The molecule has 2 aromatic carbocycles. The molecular weight excluding hydrogens is 316 g/mol. The van der Waals surface area contributed by atoms with Gasteiger partial charge in [0.15, 0.2) is 9.84 Å². The van der Waals surface area contributed by atoms with Gasteiger partial charge in [-0.1, -0.05) is 63.1 Å². The van der Waals surface area contributed by atoms with Crippen molar-refractivity contribution in [2.75, 3.05) is 0 Å². The first-order valence-corrected chi connectivity index (χ1v) is 10.9. The lowest BCUT2D eigenvalue weighted by Gasteiger charge is -2.27. The molecule has 130 valence electrons. The maximum absolute atomic E-state index is 13.6. The Morgan fingerprint density at radius 2 is 1.58 bits per heavy atom. The Kier molecular flexibility index (Phi) is 5.29. The highest BCUT2D eigenvalue weighted by molar-refractivity contribution is 7.92. The molecule has 24 heavy (non-hydrogen) atoms. The minimum Gasteiger partial charge on any atom is -0.223 e. The fourth-order valence-electron chi connectivity index (χ4n) is 4.12. The standard InChI is InChI=1S/C21H28O2S/c1-3-8-17(9-4-2)21(18-14-15-18)24(22,23)20-13-7-11-16-10-5-6-12-19(16)20/h5-7,10-13,17-18,21H,3-4,8-9,14-15H2,1-2H3. The molecule has 0 spiro atoms. The number of sulfone groups is 1. The van der Waals surface area contributed by atoms with Crippen molar-refractivity contribution in [3.63, 3.8) is 0 Å². The number of hydrogen-bond acceptors (Lipinski definition) is 2. The molecule has 3 heteroatoms. The third kappa shape index (κ3) is 3.37. The zero-order chi connectivity index (χ0) is 17.2. The van der Waals surface area contributed by atoms with Crippen LogP contribution in [0.25, 0.3) is 10.8 Å². The Morgan fingerprint density at radius 3 is 2.21 bits per heavy atom. The first-order valence-electron chi connectivity index (χ1n) is 9.31. The van der Waals surface area contributed by atoms with Crippen LogP contribution in [0.5, 0.6) is 0 Å². The van der Waals surface area contributed by atoms with Crippen LogP contribution in [0.1, 0.15) is 52.4 Å². The molecular formula is C21H28O2S. The molecule has 0 bridgehead atoms. The lowest BCUT2D eigenvalue weighted by atomic mass is 9.92. The highest BCUT2D eigenvalue weighted by Gasteiger charge is 2.45. The van der Waals surface area contributed by atoms with E-state index in [0.29, 0.717) is 10.8 Å². The minimum absolute atomic E-state index is 0.205. The van der Waals surface area contributed by atoms with Gasteiger partial charge >= 0.3 is 0 Å². The smallest absolute Gasteiger partial charge is 0.182 e. The largest absolute Gasteiger partial charge is 0.223 e. The van der Waals surface area contributed by atoms with E-state index < -0.39 is 9.84 Å². The Bertz CT molecular complexity index is 779. The SMILES string of the molecule is CCCC(CCC)C(C1CC1)S(=O)(=O)c1cccc2ccccc12. The number of rotatable bonds is 8. The van der Waals surface area contributed by atoms with Gasteiger partial charge in [-0.05, 0) is 49.0 Å². The summed E-state index contributed by atoms with van der Waals surface area (Å²) in [6.45, 7) is 4.33. The molecule has 0 heterocycles. The van der Waals surface area contributed by atoms with E-state index in [1.807, 2.05) is 42.5 Å². The van der Waals surface area contributed by atoms with E-state index in [0.717, 1.165) is 49.3 Å².